The zero-order valence-corrected chi connectivity index (χ0v) is 11.3. The monoisotopic (exact) mass is 292 g/mol. The SMILES string of the molecule is O=C(CCNC(=O)Nc1cccnc1C(=O)O)NC1CC1. The molecular formula is C13H16N4O4. The normalized spacial score (nSPS) is 13.3. The van der Waals surface area contributed by atoms with Crippen molar-refractivity contribution in [2.75, 3.05) is 11.9 Å². The van der Waals surface area contributed by atoms with E-state index in [4.69, 9.17) is 5.11 Å². The highest BCUT2D eigenvalue weighted by molar-refractivity contribution is 5.98. The zero-order chi connectivity index (χ0) is 15.2. The summed E-state index contributed by atoms with van der Waals surface area (Å²) in [7, 11) is 0. The Morgan fingerprint density at radius 3 is 2.76 bits per heavy atom. The molecular weight excluding hydrogens is 276 g/mol. The van der Waals surface area contributed by atoms with Gasteiger partial charge in [0.2, 0.25) is 5.91 Å². The molecule has 0 atom stereocenters. The average molecular weight is 292 g/mol. The second kappa shape index (κ2) is 6.69. The van der Waals surface area contributed by atoms with Crippen molar-refractivity contribution in [3.8, 4) is 0 Å². The van der Waals surface area contributed by atoms with E-state index >= 15 is 0 Å². The summed E-state index contributed by atoms with van der Waals surface area (Å²) in [5.41, 5.74) is -0.135. The molecule has 8 nitrogen and oxygen atoms in total. The number of nitrogens with zero attached hydrogens (tertiary/aromatic N) is 1. The van der Waals surface area contributed by atoms with E-state index in [-0.39, 0.29) is 30.3 Å². The predicted octanol–water partition coefficient (Wildman–Crippen LogP) is 0.570. The Morgan fingerprint density at radius 2 is 2.10 bits per heavy atom. The number of urea groups is 1. The Morgan fingerprint density at radius 1 is 1.33 bits per heavy atom. The topological polar surface area (TPSA) is 120 Å². The van der Waals surface area contributed by atoms with Crippen LogP contribution in [0.2, 0.25) is 0 Å². The van der Waals surface area contributed by atoms with E-state index in [1.54, 1.807) is 0 Å². The van der Waals surface area contributed by atoms with Crippen LogP contribution in [-0.4, -0.2) is 40.6 Å². The van der Waals surface area contributed by atoms with E-state index in [0.717, 1.165) is 12.8 Å². The maximum atomic E-state index is 11.6. The minimum absolute atomic E-state index is 0.102. The van der Waals surface area contributed by atoms with E-state index in [1.165, 1.54) is 18.3 Å². The standard InChI is InChI=1S/C13H16N4O4/c18-10(16-8-3-4-8)5-7-15-13(21)17-9-2-1-6-14-11(9)12(19)20/h1-2,6,8H,3-5,7H2,(H,16,18)(H,19,20)(H2,15,17,21). The molecule has 1 aromatic heterocycles. The maximum absolute atomic E-state index is 11.6. The Balaban J connectivity index is 1.76. The van der Waals surface area contributed by atoms with Crippen LogP contribution >= 0.6 is 0 Å². The third kappa shape index (κ3) is 4.75. The molecule has 0 saturated heterocycles. The lowest BCUT2D eigenvalue weighted by Gasteiger charge is -2.09. The van der Waals surface area contributed by atoms with Crippen LogP contribution < -0.4 is 16.0 Å². The lowest BCUT2D eigenvalue weighted by Crippen LogP contribution is -2.34. The van der Waals surface area contributed by atoms with Gasteiger partial charge in [-0.3, -0.25) is 4.79 Å². The number of rotatable bonds is 6. The van der Waals surface area contributed by atoms with Crippen LogP contribution in [0.15, 0.2) is 18.3 Å². The Bertz CT molecular complexity index is 557. The van der Waals surface area contributed by atoms with Crippen molar-refractivity contribution in [2.45, 2.75) is 25.3 Å². The summed E-state index contributed by atoms with van der Waals surface area (Å²) >= 11 is 0. The molecule has 112 valence electrons. The van der Waals surface area contributed by atoms with Crippen molar-refractivity contribution in [3.63, 3.8) is 0 Å². The smallest absolute Gasteiger partial charge is 0.356 e. The van der Waals surface area contributed by atoms with Crippen molar-refractivity contribution >= 4 is 23.6 Å². The molecule has 4 N–H and O–H groups in total. The van der Waals surface area contributed by atoms with Crippen LogP contribution in [0, 0.1) is 0 Å². The molecule has 0 spiro atoms. The van der Waals surface area contributed by atoms with Gasteiger partial charge in [0.1, 0.15) is 0 Å². The summed E-state index contributed by atoms with van der Waals surface area (Å²) < 4.78 is 0. The predicted molar refractivity (Wildman–Crippen MR) is 74.0 cm³/mol. The summed E-state index contributed by atoms with van der Waals surface area (Å²) in [6, 6.07) is 2.67. The summed E-state index contributed by atoms with van der Waals surface area (Å²) in [5, 5.41) is 16.6. The fraction of sp³-hybridized carbons (Fsp3) is 0.385. The number of carbonyl (C=O) groups is 3. The molecule has 1 heterocycles. The third-order valence-corrected chi connectivity index (χ3v) is 2.84. The molecule has 0 aliphatic heterocycles. The van der Waals surface area contributed by atoms with E-state index in [2.05, 4.69) is 20.9 Å². The van der Waals surface area contributed by atoms with E-state index in [1.807, 2.05) is 0 Å². The van der Waals surface area contributed by atoms with Crippen LogP contribution in [0.1, 0.15) is 29.8 Å². The third-order valence-electron chi connectivity index (χ3n) is 2.84. The first-order chi connectivity index (χ1) is 10.1. The van der Waals surface area contributed by atoms with E-state index in [0.29, 0.717) is 6.04 Å². The molecule has 21 heavy (non-hydrogen) atoms. The second-order valence-corrected chi connectivity index (χ2v) is 4.68. The molecule has 1 saturated carbocycles. The Kier molecular flexibility index (Phi) is 4.70. The minimum atomic E-state index is -1.23. The zero-order valence-electron chi connectivity index (χ0n) is 11.3. The first-order valence-corrected chi connectivity index (χ1v) is 6.59. The van der Waals surface area contributed by atoms with Gasteiger partial charge in [-0.25, -0.2) is 14.6 Å². The number of carboxylic acid groups (broad SMARTS) is 1. The number of pyridine rings is 1. The van der Waals surface area contributed by atoms with Crippen molar-refractivity contribution in [1.82, 2.24) is 15.6 Å². The molecule has 0 radical (unpaired) electrons. The Labute approximate surface area is 120 Å². The quantitative estimate of drug-likeness (QED) is 0.611. The van der Waals surface area contributed by atoms with Gasteiger partial charge in [0.25, 0.3) is 0 Å². The summed E-state index contributed by atoms with van der Waals surface area (Å²) in [4.78, 5) is 37.6. The average Bonchev–Trinajstić information content (AvgIpc) is 3.23. The van der Waals surface area contributed by atoms with Crippen LogP contribution in [0.5, 0.6) is 0 Å². The van der Waals surface area contributed by atoms with Gasteiger partial charge < -0.3 is 21.1 Å². The Hall–Kier alpha value is -2.64. The molecule has 0 unspecified atom stereocenters. The fourth-order valence-corrected chi connectivity index (χ4v) is 1.66. The number of nitrogens with one attached hydrogen (secondary N) is 3. The van der Waals surface area contributed by atoms with Crippen LogP contribution in [-0.2, 0) is 4.79 Å². The highest BCUT2D eigenvalue weighted by Gasteiger charge is 2.22. The van der Waals surface area contributed by atoms with Gasteiger partial charge in [0, 0.05) is 25.2 Å². The summed E-state index contributed by atoms with van der Waals surface area (Å²) in [6.07, 6.45) is 3.54. The van der Waals surface area contributed by atoms with Crippen molar-refractivity contribution in [2.24, 2.45) is 0 Å². The molecule has 0 bridgehead atoms. The first-order valence-electron chi connectivity index (χ1n) is 6.59. The number of hydrogen-bond donors (Lipinski definition) is 4. The van der Waals surface area contributed by atoms with Gasteiger partial charge in [0.15, 0.2) is 5.69 Å². The number of hydrogen-bond acceptors (Lipinski definition) is 4. The highest BCUT2D eigenvalue weighted by atomic mass is 16.4. The molecule has 2 rings (SSSR count). The number of amides is 3. The van der Waals surface area contributed by atoms with Crippen LogP contribution in [0.3, 0.4) is 0 Å². The second-order valence-electron chi connectivity index (χ2n) is 4.68. The number of carbonyl (C=O) groups excluding carboxylic acids is 2. The molecule has 3 amide bonds. The summed E-state index contributed by atoms with van der Waals surface area (Å²) in [6.45, 7) is 0.174. The number of anilines is 1. The first kappa shape index (κ1) is 14.8. The molecule has 1 aliphatic carbocycles. The van der Waals surface area contributed by atoms with Crippen molar-refractivity contribution < 1.29 is 19.5 Å². The van der Waals surface area contributed by atoms with E-state index in [9.17, 15) is 14.4 Å². The van der Waals surface area contributed by atoms with Gasteiger partial charge in [-0.15, -0.1) is 0 Å². The van der Waals surface area contributed by atoms with Gasteiger partial charge in [-0.2, -0.15) is 0 Å². The van der Waals surface area contributed by atoms with Crippen LogP contribution in [0.25, 0.3) is 0 Å². The lowest BCUT2D eigenvalue weighted by atomic mass is 10.3. The van der Waals surface area contributed by atoms with Crippen molar-refractivity contribution in [1.29, 1.82) is 0 Å². The van der Waals surface area contributed by atoms with Crippen LogP contribution in [0.4, 0.5) is 10.5 Å². The largest absolute Gasteiger partial charge is 0.476 e. The van der Waals surface area contributed by atoms with Gasteiger partial charge in [-0.1, -0.05) is 0 Å². The number of carboxylic acids is 1. The van der Waals surface area contributed by atoms with Gasteiger partial charge >= 0.3 is 12.0 Å². The van der Waals surface area contributed by atoms with Gasteiger partial charge in [0.05, 0.1) is 5.69 Å². The maximum Gasteiger partial charge on any atom is 0.356 e. The molecule has 1 fully saturated rings. The van der Waals surface area contributed by atoms with Crippen molar-refractivity contribution in [3.05, 3.63) is 24.0 Å². The minimum Gasteiger partial charge on any atom is -0.476 e. The molecule has 1 aromatic rings. The summed E-state index contributed by atoms with van der Waals surface area (Å²) in [5.74, 6) is -1.33. The number of aromatic carboxylic acids is 1. The van der Waals surface area contributed by atoms with Gasteiger partial charge in [-0.05, 0) is 25.0 Å². The van der Waals surface area contributed by atoms with E-state index < -0.39 is 12.0 Å². The lowest BCUT2D eigenvalue weighted by molar-refractivity contribution is -0.121. The molecule has 0 aromatic carbocycles. The molecule has 1 aliphatic rings. The molecule has 8 heteroatoms. The highest BCUT2D eigenvalue weighted by Crippen LogP contribution is 2.18. The fourth-order valence-electron chi connectivity index (χ4n) is 1.66. The number of aromatic nitrogens is 1.